The number of hydrogen-bond donors (Lipinski definition) is 1. The van der Waals surface area contributed by atoms with Gasteiger partial charge >= 0.3 is 0 Å². The second kappa shape index (κ2) is 6.10. The van der Waals surface area contributed by atoms with Crippen molar-refractivity contribution in [1.29, 1.82) is 0 Å². The molecule has 1 aromatic carbocycles. The van der Waals surface area contributed by atoms with Gasteiger partial charge in [-0.3, -0.25) is 4.68 Å². The van der Waals surface area contributed by atoms with Gasteiger partial charge in [-0.2, -0.15) is 5.10 Å². The average Bonchev–Trinajstić information content (AvgIpc) is 2.83. The molecular weight excluding hydrogens is 226 g/mol. The molecule has 0 aliphatic rings. The number of aryl methyl sites for hydroxylation is 2. The molecule has 0 spiro atoms. The van der Waals surface area contributed by atoms with E-state index in [1.165, 1.54) is 5.56 Å². The molecule has 0 unspecified atom stereocenters. The van der Waals surface area contributed by atoms with Crippen LogP contribution in [0.25, 0.3) is 0 Å². The number of benzene rings is 1. The van der Waals surface area contributed by atoms with Crippen molar-refractivity contribution in [2.24, 2.45) is 0 Å². The third-order valence-electron chi connectivity index (χ3n) is 2.65. The predicted octanol–water partition coefficient (Wildman–Crippen LogP) is 2.70. The summed E-state index contributed by atoms with van der Waals surface area (Å²) in [5.74, 6) is 0.822. The normalized spacial score (nSPS) is 10.3. The van der Waals surface area contributed by atoms with Crippen molar-refractivity contribution in [3.05, 3.63) is 42.2 Å². The van der Waals surface area contributed by atoms with Crippen LogP contribution < -0.4 is 10.1 Å². The maximum absolute atomic E-state index is 5.59. The standard InChI is InChI=1S/C14H19N3O/c1-3-17-11-14(10-16-17)18-8-7-15-13-6-4-5-12(2)9-13/h4-6,9-11,15H,3,7-8H2,1-2H3. The van der Waals surface area contributed by atoms with Gasteiger partial charge < -0.3 is 10.1 Å². The van der Waals surface area contributed by atoms with Crippen LogP contribution in [0.15, 0.2) is 36.7 Å². The van der Waals surface area contributed by atoms with Gasteiger partial charge in [0, 0.05) is 18.8 Å². The average molecular weight is 245 g/mol. The van der Waals surface area contributed by atoms with E-state index < -0.39 is 0 Å². The van der Waals surface area contributed by atoms with Crippen molar-refractivity contribution in [2.75, 3.05) is 18.5 Å². The van der Waals surface area contributed by atoms with E-state index >= 15 is 0 Å². The highest BCUT2D eigenvalue weighted by atomic mass is 16.5. The van der Waals surface area contributed by atoms with Crippen LogP contribution in [0.3, 0.4) is 0 Å². The Morgan fingerprint density at radius 1 is 1.39 bits per heavy atom. The molecule has 0 fully saturated rings. The van der Waals surface area contributed by atoms with Gasteiger partial charge in [0.1, 0.15) is 6.61 Å². The highest BCUT2D eigenvalue weighted by Crippen LogP contribution is 2.10. The van der Waals surface area contributed by atoms with E-state index in [-0.39, 0.29) is 0 Å². The van der Waals surface area contributed by atoms with Gasteiger partial charge in [0.05, 0.1) is 12.4 Å². The Labute approximate surface area is 108 Å². The number of aromatic nitrogens is 2. The summed E-state index contributed by atoms with van der Waals surface area (Å²) >= 11 is 0. The van der Waals surface area contributed by atoms with Crippen LogP contribution in [0.1, 0.15) is 12.5 Å². The Morgan fingerprint density at radius 3 is 3.00 bits per heavy atom. The summed E-state index contributed by atoms with van der Waals surface area (Å²) in [7, 11) is 0. The van der Waals surface area contributed by atoms with E-state index in [2.05, 4.69) is 42.5 Å². The first-order valence-electron chi connectivity index (χ1n) is 6.23. The molecule has 1 heterocycles. The van der Waals surface area contributed by atoms with Crippen LogP contribution >= 0.6 is 0 Å². The molecule has 2 aromatic rings. The lowest BCUT2D eigenvalue weighted by atomic mass is 10.2. The number of rotatable bonds is 6. The number of anilines is 1. The van der Waals surface area contributed by atoms with Crippen molar-refractivity contribution >= 4 is 5.69 Å². The highest BCUT2D eigenvalue weighted by Gasteiger charge is 1.97. The largest absolute Gasteiger partial charge is 0.488 e. The molecule has 0 aliphatic carbocycles. The molecule has 0 atom stereocenters. The summed E-state index contributed by atoms with van der Waals surface area (Å²) in [6.07, 6.45) is 3.66. The first-order chi connectivity index (χ1) is 8.78. The topological polar surface area (TPSA) is 39.1 Å². The van der Waals surface area contributed by atoms with Gasteiger partial charge in [0.25, 0.3) is 0 Å². The van der Waals surface area contributed by atoms with Gasteiger partial charge in [-0.25, -0.2) is 0 Å². The molecule has 0 bridgehead atoms. The van der Waals surface area contributed by atoms with Crippen molar-refractivity contribution in [3.63, 3.8) is 0 Å². The summed E-state index contributed by atoms with van der Waals surface area (Å²) in [5.41, 5.74) is 2.38. The van der Waals surface area contributed by atoms with Crippen molar-refractivity contribution in [1.82, 2.24) is 9.78 Å². The first kappa shape index (κ1) is 12.5. The fraction of sp³-hybridized carbons (Fsp3) is 0.357. The number of nitrogens with one attached hydrogen (secondary N) is 1. The van der Waals surface area contributed by atoms with E-state index in [0.29, 0.717) is 6.61 Å². The zero-order chi connectivity index (χ0) is 12.8. The molecule has 18 heavy (non-hydrogen) atoms. The van der Waals surface area contributed by atoms with Crippen LogP contribution in [-0.4, -0.2) is 22.9 Å². The molecule has 4 heteroatoms. The molecule has 0 saturated heterocycles. The Morgan fingerprint density at radius 2 is 2.28 bits per heavy atom. The van der Waals surface area contributed by atoms with Crippen LogP contribution in [0.5, 0.6) is 5.75 Å². The van der Waals surface area contributed by atoms with E-state index in [9.17, 15) is 0 Å². The summed E-state index contributed by atoms with van der Waals surface area (Å²) in [6.45, 7) is 6.41. The molecule has 2 rings (SSSR count). The Kier molecular flexibility index (Phi) is 4.23. The van der Waals surface area contributed by atoms with Crippen molar-refractivity contribution in [3.8, 4) is 5.75 Å². The molecule has 96 valence electrons. The number of nitrogens with zero attached hydrogens (tertiary/aromatic N) is 2. The predicted molar refractivity (Wildman–Crippen MR) is 73.1 cm³/mol. The lowest BCUT2D eigenvalue weighted by molar-refractivity contribution is 0.332. The minimum absolute atomic E-state index is 0.628. The minimum atomic E-state index is 0.628. The van der Waals surface area contributed by atoms with E-state index in [1.807, 2.05) is 16.9 Å². The molecule has 0 saturated carbocycles. The summed E-state index contributed by atoms with van der Waals surface area (Å²) in [5, 5.41) is 7.48. The fourth-order valence-electron chi connectivity index (χ4n) is 1.71. The van der Waals surface area contributed by atoms with Gasteiger partial charge in [-0.15, -0.1) is 0 Å². The zero-order valence-corrected chi connectivity index (χ0v) is 10.9. The second-order valence-electron chi connectivity index (χ2n) is 4.18. The van der Waals surface area contributed by atoms with Crippen LogP contribution in [0.4, 0.5) is 5.69 Å². The summed E-state index contributed by atoms with van der Waals surface area (Å²) in [6, 6.07) is 8.31. The molecule has 1 N–H and O–H groups in total. The SMILES string of the molecule is CCn1cc(OCCNc2cccc(C)c2)cn1. The molecule has 4 nitrogen and oxygen atoms in total. The quantitative estimate of drug-likeness (QED) is 0.795. The fourth-order valence-corrected chi connectivity index (χ4v) is 1.71. The Bertz CT molecular complexity index is 493. The number of hydrogen-bond acceptors (Lipinski definition) is 3. The molecule has 1 aromatic heterocycles. The summed E-state index contributed by atoms with van der Waals surface area (Å²) < 4.78 is 7.45. The summed E-state index contributed by atoms with van der Waals surface area (Å²) in [4.78, 5) is 0. The van der Waals surface area contributed by atoms with Gasteiger partial charge in [-0.05, 0) is 31.5 Å². The Balaban J connectivity index is 1.72. The van der Waals surface area contributed by atoms with Gasteiger partial charge in [0.2, 0.25) is 0 Å². The smallest absolute Gasteiger partial charge is 0.157 e. The van der Waals surface area contributed by atoms with Gasteiger partial charge in [0.15, 0.2) is 5.75 Å². The molecule has 0 radical (unpaired) electrons. The van der Waals surface area contributed by atoms with Crippen molar-refractivity contribution < 1.29 is 4.74 Å². The van der Waals surface area contributed by atoms with Crippen LogP contribution in [0, 0.1) is 6.92 Å². The lowest BCUT2D eigenvalue weighted by Crippen LogP contribution is -2.11. The highest BCUT2D eigenvalue weighted by molar-refractivity contribution is 5.45. The maximum Gasteiger partial charge on any atom is 0.157 e. The molecular formula is C14H19N3O. The van der Waals surface area contributed by atoms with Crippen LogP contribution in [0.2, 0.25) is 0 Å². The number of ether oxygens (including phenoxy) is 1. The first-order valence-corrected chi connectivity index (χ1v) is 6.23. The van der Waals surface area contributed by atoms with E-state index in [0.717, 1.165) is 24.5 Å². The molecule has 0 amide bonds. The minimum Gasteiger partial charge on any atom is -0.488 e. The van der Waals surface area contributed by atoms with Crippen molar-refractivity contribution in [2.45, 2.75) is 20.4 Å². The van der Waals surface area contributed by atoms with Gasteiger partial charge in [-0.1, -0.05) is 12.1 Å². The molecule has 0 aliphatic heterocycles. The third kappa shape index (κ3) is 3.52. The monoisotopic (exact) mass is 245 g/mol. The second-order valence-corrected chi connectivity index (χ2v) is 4.18. The lowest BCUT2D eigenvalue weighted by Gasteiger charge is -2.07. The zero-order valence-electron chi connectivity index (χ0n) is 10.9. The maximum atomic E-state index is 5.59. The van der Waals surface area contributed by atoms with E-state index in [4.69, 9.17) is 4.74 Å². The van der Waals surface area contributed by atoms with Crippen LogP contribution in [-0.2, 0) is 6.54 Å². The Hall–Kier alpha value is -1.97. The van der Waals surface area contributed by atoms with E-state index in [1.54, 1.807) is 6.20 Å². The third-order valence-corrected chi connectivity index (χ3v) is 2.65.